The summed E-state index contributed by atoms with van der Waals surface area (Å²) >= 11 is 0. The van der Waals surface area contributed by atoms with Crippen molar-refractivity contribution in [2.24, 2.45) is 0 Å². The molecule has 0 radical (unpaired) electrons. The van der Waals surface area contributed by atoms with Crippen molar-refractivity contribution >= 4 is 17.3 Å². The van der Waals surface area contributed by atoms with Gasteiger partial charge in [-0.1, -0.05) is 6.07 Å². The minimum atomic E-state index is 0. The van der Waals surface area contributed by atoms with Crippen LogP contribution in [0.5, 0.6) is 0 Å². The number of anilines is 2. The molecule has 19 heavy (non-hydrogen) atoms. The summed E-state index contributed by atoms with van der Waals surface area (Å²) in [7, 11) is 2.07. The Hall–Kier alpha value is -1.79. The van der Waals surface area contributed by atoms with Gasteiger partial charge < -0.3 is 27.4 Å². The average molecular weight is 265 g/mol. The fourth-order valence-corrected chi connectivity index (χ4v) is 2.10. The lowest BCUT2D eigenvalue weighted by Crippen LogP contribution is -2.47. The molecule has 0 unspecified atom stereocenters. The zero-order chi connectivity index (χ0) is 13.1. The van der Waals surface area contributed by atoms with Crippen LogP contribution < -0.4 is 17.6 Å². The minimum Gasteiger partial charge on any atom is -0.399 e. The average Bonchev–Trinajstić information content (AvgIpc) is 2.33. The van der Waals surface area contributed by atoms with Gasteiger partial charge >= 0.3 is 0 Å². The molecule has 0 spiro atoms. The van der Waals surface area contributed by atoms with Crippen LogP contribution in [0.25, 0.3) is 0 Å². The first-order valence-corrected chi connectivity index (χ1v) is 6.16. The number of likely N-dealkylation sites (N-methyl/N-ethyl adjacent to an activating group) is 1. The lowest BCUT2D eigenvalue weighted by molar-refractivity contribution is -0.132. The van der Waals surface area contributed by atoms with E-state index in [1.54, 1.807) is 12.1 Å². The van der Waals surface area contributed by atoms with Crippen LogP contribution in [-0.4, -0.2) is 48.9 Å². The number of carbonyl (C=O) groups excluding carboxylic acids is 1. The molecule has 1 aromatic rings. The van der Waals surface area contributed by atoms with Crippen LogP contribution in [0.4, 0.5) is 11.4 Å². The van der Waals surface area contributed by atoms with E-state index in [1.165, 1.54) is 0 Å². The van der Waals surface area contributed by atoms with E-state index < -0.39 is 0 Å². The third-order valence-electron chi connectivity index (χ3n) is 3.37. The van der Waals surface area contributed by atoms with E-state index >= 15 is 0 Å². The predicted octanol–water partition coefficient (Wildman–Crippen LogP) is 0.330. The van der Waals surface area contributed by atoms with Crippen LogP contribution in [0.2, 0.25) is 0 Å². The molecule has 0 aromatic heterocycles. The van der Waals surface area contributed by atoms with Crippen molar-refractivity contribution in [3.05, 3.63) is 23.8 Å². The molecule has 6 nitrogen and oxygen atoms in total. The van der Waals surface area contributed by atoms with E-state index in [4.69, 9.17) is 11.5 Å². The van der Waals surface area contributed by atoms with E-state index in [1.807, 2.05) is 11.0 Å². The molecule has 0 saturated carbocycles. The molecule has 1 aromatic carbocycles. The minimum absolute atomic E-state index is 0. The summed E-state index contributed by atoms with van der Waals surface area (Å²) in [5.74, 6) is 0.138. The molecule has 1 aliphatic rings. The van der Waals surface area contributed by atoms with Crippen LogP contribution >= 0.6 is 0 Å². The van der Waals surface area contributed by atoms with Crippen molar-refractivity contribution < 1.29 is 4.79 Å². The fraction of sp³-hybridized carbons (Fsp3) is 0.462. The summed E-state index contributed by atoms with van der Waals surface area (Å²) < 4.78 is 0. The van der Waals surface area contributed by atoms with Crippen molar-refractivity contribution in [1.82, 2.24) is 16.0 Å². The molecule has 2 rings (SSSR count). The van der Waals surface area contributed by atoms with Crippen molar-refractivity contribution in [3.63, 3.8) is 0 Å². The van der Waals surface area contributed by atoms with Crippen molar-refractivity contribution in [2.45, 2.75) is 6.42 Å². The highest BCUT2D eigenvalue weighted by Gasteiger charge is 2.19. The Balaban J connectivity index is 0.00000180. The van der Waals surface area contributed by atoms with Crippen LogP contribution in [0.3, 0.4) is 0 Å². The lowest BCUT2D eigenvalue weighted by Gasteiger charge is -2.32. The van der Waals surface area contributed by atoms with E-state index in [2.05, 4.69) is 11.9 Å². The topological polar surface area (TPSA) is 111 Å². The number of rotatable bonds is 2. The maximum Gasteiger partial charge on any atom is 0.227 e. The molecule has 6 heteroatoms. The predicted molar refractivity (Wildman–Crippen MR) is 78.1 cm³/mol. The Morgan fingerprint density at radius 2 is 1.84 bits per heavy atom. The van der Waals surface area contributed by atoms with Gasteiger partial charge in [-0.15, -0.1) is 0 Å². The first kappa shape index (κ1) is 15.3. The monoisotopic (exact) mass is 265 g/mol. The standard InChI is InChI=1S/C13H20N4O.H3N/c1-16-4-6-17(7-5-16)13(18)8-10-2-3-11(14)9-12(10)15;/h2-3,9H,4-8,14-15H2,1H3;1H3. The zero-order valence-corrected chi connectivity index (χ0v) is 11.4. The molecule has 1 fully saturated rings. The van der Waals surface area contributed by atoms with Crippen molar-refractivity contribution in [3.8, 4) is 0 Å². The highest BCUT2D eigenvalue weighted by Crippen LogP contribution is 2.17. The molecule has 1 heterocycles. The fourth-order valence-electron chi connectivity index (χ4n) is 2.10. The first-order chi connectivity index (χ1) is 8.56. The summed E-state index contributed by atoms with van der Waals surface area (Å²) in [6, 6.07) is 5.31. The molecule has 1 aliphatic heterocycles. The van der Waals surface area contributed by atoms with Gasteiger partial charge in [-0.3, -0.25) is 4.79 Å². The summed E-state index contributed by atoms with van der Waals surface area (Å²) in [6.45, 7) is 3.46. The summed E-state index contributed by atoms with van der Waals surface area (Å²) in [5, 5.41) is 0. The molecule has 1 saturated heterocycles. The number of nitrogen functional groups attached to an aromatic ring is 2. The van der Waals surface area contributed by atoms with Gasteiger partial charge in [0.1, 0.15) is 0 Å². The number of carbonyl (C=O) groups is 1. The summed E-state index contributed by atoms with van der Waals surface area (Å²) in [6.07, 6.45) is 0.357. The third kappa shape index (κ3) is 3.84. The third-order valence-corrected chi connectivity index (χ3v) is 3.37. The first-order valence-electron chi connectivity index (χ1n) is 6.16. The second-order valence-corrected chi connectivity index (χ2v) is 4.82. The lowest BCUT2D eigenvalue weighted by atomic mass is 10.1. The molecule has 0 atom stereocenters. The van der Waals surface area contributed by atoms with Gasteiger partial charge in [0.15, 0.2) is 0 Å². The molecule has 0 bridgehead atoms. The van der Waals surface area contributed by atoms with Crippen molar-refractivity contribution in [2.75, 3.05) is 44.7 Å². The van der Waals surface area contributed by atoms with Crippen LogP contribution in [0.1, 0.15) is 5.56 Å². The van der Waals surface area contributed by atoms with Gasteiger partial charge in [-0.2, -0.15) is 0 Å². The number of nitrogens with zero attached hydrogens (tertiary/aromatic N) is 2. The summed E-state index contributed by atoms with van der Waals surface area (Å²) in [5.41, 5.74) is 13.6. The maximum atomic E-state index is 12.1. The van der Waals surface area contributed by atoms with E-state index in [-0.39, 0.29) is 12.1 Å². The van der Waals surface area contributed by atoms with Gasteiger partial charge in [0.25, 0.3) is 0 Å². The Morgan fingerprint density at radius 3 is 2.42 bits per heavy atom. The molecule has 106 valence electrons. The Kier molecular flexibility index (Phi) is 5.14. The molecule has 1 amide bonds. The van der Waals surface area contributed by atoms with Crippen LogP contribution in [0.15, 0.2) is 18.2 Å². The number of amides is 1. The zero-order valence-electron chi connectivity index (χ0n) is 11.4. The number of hydrogen-bond donors (Lipinski definition) is 3. The number of hydrogen-bond acceptors (Lipinski definition) is 5. The number of benzene rings is 1. The molecule has 7 N–H and O–H groups in total. The van der Waals surface area contributed by atoms with Gasteiger partial charge in [-0.25, -0.2) is 0 Å². The summed E-state index contributed by atoms with van der Waals surface area (Å²) in [4.78, 5) is 16.3. The quantitative estimate of drug-likeness (QED) is 0.667. The van der Waals surface area contributed by atoms with E-state index in [0.717, 1.165) is 31.7 Å². The number of piperazine rings is 1. The number of nitrogens with two attached hydrogens (primary N) is 2. The van der Waals surface area contributed by atoms with Gasteiger partial charge in [-0.05, 0) is 24.7 Å². The molecular weight excluding hydrogens is 242 g/mol. The molecule has 0 aliphatic carbocycles. The second kappa shape index (κ2) is 6.40. The normalized spacial score (nSPS) is 15.9. The smallest absolute Gasteiger partial charge is 0.227 e. The van der Waals surface area contributed by atoms with Crippen LogP contribution in [-0.2, 0) is 11.2 Å². The Bertz CT molecular complexity index is 441. The largest absolute Gasteiger partial charge is 0.399 e. The highest BCUT2D eigenvalue weighted by atomic mass is 16.2. The SMILES string of the molecule is CN1CCN(C(=O)Cc2ccc(N)cc2N)CC1.N. The second-order valence-electron chi connectivity index (χ2n) is 4.82. The van der Waals surface area contributed by atoms with Crippen molar-refractivity contribution in [1.29, 1.82) is 0 Å². The van der Waals surface area contributed by atoms with Gasteiger partial charge in [0.2, 0.25) is 5.91 Å². The Morgan fingerprint density at radius 1 is 1.21 bits per heavy atom. The highest BCUT2D eigenvalue weighted by molar-refractivity contribution is 5.81. The maximum absolute atomic E-state index is 12.1. The Labute approximate surface area is 113 Å². The van der Waals surface area contributed by atoms with E-state index in [0.29, 0.717) is 17.8 Å². The van der Waals surface area contributed by atoms with Gasteiger partial charge in [0.05, 0.1) is 6.42 Å². The molecular formula is C13H23N5O. The van der Waals surface area contributed by atoms with Crippen LogP contribution in [0, 0.1) is 0 Å². The van der Waals surface area contributed by atoms with Gasteiger partial charge in [0, 0.05) is 37.6 Å². The van der Waals surface area contributed by atoms with E-state index in [9.17, 15) is 4.79 Å².